The van der Waals surface area contributed by atoms with Crippen molar-refractivity contribution in [3.05, 3.63) is 69.9 Å². The summed E-state index contributed by atoms with van der Waals surface area (Å²) in [6, 6.07) is 13.3. The molecule has 3 aromatic rings. The van der Waals surface area contributed by atoms with Crippen molar-refractivity contribution in [2.24, 2.45) is 0 Å². The number of nitro groups is 1. The van der Waals surface area contributed by atoms with Gasteiger partial charge in [-0.3, -0.25) is 10.1 Å². The van der Waals surface area contributed by atoms with Crippen LogP contribution >= 0.6 is 0 Å². The van der Waals surface area contributed by atoms with E-state index in [0.717, 1.165) is 5.56 Å². The number of nitro benzene ring substituents is 1. The zero-order chi connectivity index (χ0) is 17.1. The number of nitrogens with zero attached hydrogens (tertiary/aromatic N) is 2. The van der Waals surface area contributed by atoms with Crippen LogP contribution in [0.15, 0.2) is 48.5 Å². The lowest BCUT2D eigenvalue weighted by atomic mass is 10.1. The number of pyridine rings is 1. The van der Waals surface area contributed by atoms with E-state index in [1.807, 2.05) is 0 Å². The zero-order valence-corrected chi connectivity index (χ0v) is 12.8. The van der Waals surface area contributed by atoms with E-state index in [2.05, 4.69) is 4.98 Å². The Bertz CT molecular complexity index is 951. The number of hydrogen-bond donors (Lipinski definition) is 1. The molecule has 0 radical (unpaired) electrons. The average Bonchev–Trinajstić information content (AvgIpc) is 2.59. The van der Waals surface area contributed by atoms with Crippen LogP contribution in [0.5, 0.6) is 11.5 Å². The summed E-state index contributed by atoms with van der Waals surface area (Å²) in [5.41, 5.74) is 2.05. The van der Waals surface area contributed by atoms with Crippen molar-refractivity contribution in [3.63, 3.8) is 0 Å². The van der Waals surface area contributed by atoms with Crippen molar-refractivity contribution in [1.29, 1.82) is 0 Å². The van der Waals surface area contributed by atoms with E-state index >= 15 is 0 Å². The summed E-state index contributed by atoms with van der Waals surface area (Å²) in [7, 11) is 1.49. The molecular weight excluding hydrogens is 308 g/mol. The highest BCUT2D eigenvalue weighted by Gasteiger charge is 2.11. The maximum atomic E-state index is 11.0. The van der Waals surface area contributed by atoms with Crippen molar-refractivity contribution in [2.75, 3.05) is 7.11 Å². The molecule has 0 fully saturated rings. The number of aromatic nitrogens is 1. The first-order valence-electron chi connectivity index (χ1n) is 7.18. The van der Waals surface area contributed by atoms with Crippen LogP contribution in [0.2, 0.25) is 0 Å². The highest BCUT2D eigenvalue weighted by atomic mass is 16.6. The van der Waals surface area contributed by atoms with Gasteiger partial charge in [-0.25, -0.2) is 4.98 Å². The lowest BCUT2D eigenvalue weighted by molar-refractivity contribution is -0.383. The number of aromatic hydroxyl groups is 1. The molecule has 0 aliphatic heterocycles. The molecule has 3 rings (SSSR count). The van der Waals surface area contributed by atoms with Crippen molar-refractivity contribution >= 4 is 28.7 Å². The standard InChI is InChI=1S/C18H14N2O4/c1-24-18-10-6-12(11-17(18)21)5-7-13-8-9-14-15(19-13)3-2-4-16(14)20(22)23/h2-11,21H,1H3/b7-5+. The Labute approximate surface area is 137 Å². The van der Waals surface area contributed by atoms with Gasteiger partial charge in [-0.1, -0.05) is 18.2 Å². The molecule has 24 heavy (non-hydrogen) atoms. The number of phenolic OH excluding ortho intramolecular Hbond substituents is 1. The zero-order valence-electron chi connectivity index (χ0n) is 12.8. The molecule has 0 amide bonds. The van der Waals surface area contributed by atoms with Crippen LogP contribution in [0.25, 0.3) is 23.1 Å². The Morgan fingerprint density at radius 1 is 1.17 bits per heavy atom. The molecule has 6 heteroatoms. The first kappa shape index (κ1) is 15.5. The summed E-state index contributed by atoms with van der Waals surface area (Å²) >= 11 is 0. The third kappa shape index (κ3) is 3.03. The number of methoxy groups -OCH3 is 1. The molecule has 0 aliphatic carbocycles. The van der Waals surface area contributed by atoms with E-state index in [4.69, 9.17) is 4.74 Å². The van der Waals surface area contributed by atoms with E-state index in [-0.39, 0.29) is 11.4 Å². The maximum Gasteiger partial charge on any atom is 0.278 e. The summed E-state index contributed by atoms with van der Waals surface area (Å²) in [4.78, 5) is 15.0. The van der Waals surface area contributed by atoms with Gasteiger partial charge in [-0.05, 0) is 42.0 Å². The maximum absolute atomic E-state index is 11.0. The second-order valence-electron chi connectivity index (χ2n) is 5.10. The minimum atomic E-state index is -0.417. The van der Waals surface area contributed by atoms with Gasteiger partial charge in [0.2, 0.25) is 0 Å². The first-order valence-corrected chi connectivity index (χ1v) is 7.18. The first-order chi connectivity index (χ1) is 11.6. The van der Waals surface area contributed by atoms with Crippen molar-refractivity contribution in [1.82, 2.24) is 4.98 Å². The fourth-order valence-electron chi connectivity index (χ4n) is 2.40. The Kier molecular flexibility index (Phi) is 4.11. The summed E-state index contributed by atoms with van der Waals surface area (Å²) in [6.45, 7) is 0. The van der Waals surface area contributed by atoms with Crippen molar-refractivity contribution in [3.8, 4) is 11.5 Å². The summed E-state index contributed by atoms with van der Waals surface area (Å²) in [6.07, 6.45) is 3.57. The van der Waals surface area contributed by atoms with Gasteiger partial charge in [-0.15, -0.1) is 0 Å². The molecule has 0 atom stereocenters. The molecular formula is C18H14N2O4. The van der Waals surface area contributed by atoms with Crippen LogP contribution in [0, 0.1) is 10.1 Å². The molecule has 0 saturated carbocycles. The molecule has 1 N–H and O–H groups in total. The minimum absolute atomic E-state index is 0.0376. The largest absolute Gasteiger partial charge is 0.504 e. The Hall–Kier alpha value is -3.41. The highest BCUT2D eigenvalue weighted by Crippen LogP contribution is 2.27. The van der Waals surface area contributed by atoms with E-state index < -0.39 is 4.92 Å². The topological polar surface area (TPSA) is 85.5 Å². The summed E-state index contributed by atoms with van der Waals surface area (Å²) in [5, 5.41) is 21.3. The third-order valence-electron chi connectivity index (χ3n) is 3.58. The lowest BCUT2D eigenvalue weighted by Crippen LogP contribution is -1.91. The number of non-ortho nitro benzene ring substituents is 1. The molecule has 0 aliphatic rings. The van der Waals surface area contributed by atoms with Gasteiger partial charge in [0, 0.05) is 6.07 Å². The fraction of sp³-hybridized carbons (Fsp3) is 0.0556. The molecule has 0 spiro atoms. The smallest absolute Gasteiger partial charge is 0.278 e. The molecule has 1 aromatic heterocycles. The van der Waals surface area contributed by atoms with Gasteiger partial charge >= 0.3 is 0 Å². The Balaban J connectivity index is 1.93. The van der Waals surface area contributed by atoms with E-state index in [9.17, 15) is 15.2 Å². The predicted octanol–water partition coefficient (Wildman–Crippen LogP) is 4.03. The Morgan fingerprint density at radius 3 is 2.71 bits per heavy atom. The molecule has 0 unspecified atom stereocenters. The highest BCUT2D eigenvalue weighted by molar-refractivity contribution is 5.89. The molecule has 1 heterocycles. The van der Waals surface area contributed by atoms with Crippen LogP contribution in [0.1, 0.15) is 11.3 Å². The summed E-state index contributed by atoms with van der Waals surface area (Å²) < 4.78 is 5.00. The van der Waals surface area contributed by atoms with Gasteiger partial charge in [0.1, 0.15) is 0 Å². The molecule has 2 aromatic carbocycles. The van der Waals surface area contributed by atoms with E-state index in [1.165, 1.54) is 13.2 Å². The number of hydrogen-bond acceptors (Lipinski definition) is 5. The SMILES string of the molecule is COc1ccc(/C=C/c2ccc3c([N+](=O)[O-])cccc3n2)cc1O. The number of fused-ring (bicyclic) bond motifs is 1. The molecule has 120 valence electrons. The minimum Gasteiger partial charge on any atom is -0.504 e. The van der Waals surface area contributed by atoms with Gasteiger partial charge in [0.05, 0.1) is 28.6 Å². The fourth-order valence-corrected chi connectivity index (χ4v) is 2.40. The van der Waals surface area contributed by atoms with Crippen molar-refractivity contribution < 1.29 is 14.8 Å². The molecule has 6 nitrogen and oxygen atoms in total. The van der Waals surface area contributed by atoms with Gasteiger partial charge in [0.15, 0.2) is 11.5 Å². The number of phenols is 1. The number of ether oxygens (including phenoxy) is 1. The van der Waals surface area contributed by atoms with Crippen LogP contribution in [0.4, 0.5) is 5.69 Å². The number of rotatable bonds is 4. The number of benzene rings is 2. The van der Waals surface area contributed by atoms with Crippen LogP contribution in [0.3, 0.4) is 0 Å². The predicted molar refractivity (Wildman–Crippen MR) is 92.0 cm³/mol. The lowest BCUT2D eigenvalue weighted by Gasteiger charge is -2.03. The second kappa shape index (κ2) is 6.37. The normalized spacial score (nSPS) is 11.0. The van der Waals surface area contributed by atoms with Gasteiger partial charge in [-0.2, -0.15) is 0 Å². The average molecular weight is 322 g/mol. The molecule has 0 bridgehead atoms. The van der Waals surface area contributed by atoms with Crippen LogP contribution in [-0.4, -0.2) is 22.1 Å². The monoisotopic (exact) mass is 322 g/mol. The van der Waals surface area contributed by atoms with Crippen LogP contribution < -0.4 is 4.74 Å². The second-order valence-corrected chi connectivity index (χ2v) is 5.10. The van der Waals surface area contributed by atoms with Crippen LogP contribution in [-0.2, 0) is 0 Å². The quantitative estimate of drug-likeness (QED) is 0.579. The van der Waals surface area contributed by atoms with E-state index in [0.29, 0.717) is 22.3 Å². The summed E-state index contributed by atoms with van der Waals surface area (Å²) in [5.74, 6) is 0.463. The Morgan fingerprint density at radius 2 is 2.00 bits per heavy atom. The van der Waals surface area contributed by atoms with Gasteiger partial charge in [0.25, 0.3) is 5.69 Å². The third-order valence-corrected chi connectivity index (χ3v) is 3.58. The van der Waals surface area contributed by atoms with Crippen molar-refractivity contribution in [2.45, 2.75) is 0 Å². The van der Waals surface area contributed by atoms with Gasteiger partial charge < -0.3 is 9.84 Å². The molecule has 0 saturated heterocycles. The van der Waals surface area contributed by atoms with E-state index in [1.54, 1.807) is 54.6 Å².